The first-order valence-electron chi connectivity index (χ1n) is 16.8. The van der Waals surface area contributed by atoms with Gasteiger partial charge in [0.2, 0.25) is 0 Å². The van der Waals surface area contributed by atoms with E-state index < -0.39 is 0 Å². The molecule has 50 heavy (non-hydrogen) atoms. The Morgan fingerprint density at radius 1 is 0.320 bits per heavy atom. The van der Waals surface area contributed by atoms with Crippen LogP contribution in [0.25, 0.3) is 56.4 Å². The number of benzene rings is 7. The highest BCUT2D eigenvalue weighted by atomic mass is 15.1. The molecule has 0 spiro atoms. The van der Waals surface area contributed by atoms with E-state index in [4.69, 9.17) is 15.0 Å². The first kappa shape index (κ1) is 30.7. The SMILES string of the molecule is Cc1ccccc1N(c1ccccc1)c1ccc(-c2ccc(-c3cccc(-c4nc(-c5ccccc5)nc(-c5ccccc5)n4)c3)cc2)cc1. The van der Waals surface area contributed by atoms with Gasteiger partial charge in [-0.1, -0.05) is 152 Å². The molecule has 0 amide bonds. The van der Waals surface area contributed by atoms with Gasteiger partial charge in [0.15, 0.2) is 17.5 Å². The van der Waals surface area contributed by atoms with Gasteiger partial charge in [-0.15, -0.1) is 0 Å². The molecular formula is C46H34N4. The minimum atomic E-state index is 0.645. The fourth-order valence-corrected chi connectivity index (χ4v) is 6.25. The van der Waals surface area contributed by atoms with E-state index in [1.807, 2.05) is 60.7 Å². The molecule has 8 rings (SSSR count). The molecular weight excluding hydrogens is 609 g/mol. The molecule has 0 aliphatic heterocycles. The molecule has 0 atom stereocenters. The van der Waals surface area contributed by atoms with Crippen LogP contribution in [-0.4, -0.2) is 15.0 Å². The van der Waals surface area contributed by atoms with Gasteiger partial charge < -0.3 is 4.90 Å². The summed E-state index contributed by atoms with van der Waals surface area (Å²) >= 11 is 0. The van der Waals surface area contributed by atoms with Crippen molar-refractivity contribution in [3.63, 3.8) is 0 Å². The second kappa shape index (κ2) is 13.8. The smallest absolute Gasteiger partial charge is 0.164 e. The van der Waals surface area contributed by atoms with Crippen molar-refractivity contribution in [2.24, 2.45) is 0 Å². The number of nitrogens with zero attached hydrogens (tertiary/aromatic N) is 4. The van der Waals surface area contributed by atoms with Gasteiger partial charge in [0.05, 0.1) is 0 Å². The van der Waals surface area contributed by atoms with Gasteiger partial charge in [0.1, 0.15) is 0 Å². The number of hydrogen-bond acceptors (Lipinski definition) is 4. The molecule has 0 N–H and O–H groups in total. The molecule has 0 saturated carbocycles. The molecule has 0 unspecified atom stereocenters. The molecule has 0 radical (unpaired) electrons. The van der Waals surface area contributed by atoms with E-state index in [9.17, 15) is 0 Å². The number of aromatic nitrogens is 3. The van der Waals surface area contributed by atoms with Crippen LogP contribution < -0.4 is 4.90 Å². The highest BCUT2D eigenvalue weighted by molar-refractivity contribution is 5.80. The summed E-state index contributed by atoms with van der Waals surface area (Å²) in [6, 6.07) is 65.2. The number of aryl methyl sites for hydroxylation is 1. The van der Waals surface area contributed by atoms with Crippen molar-refractivity contribution in [2.45, 2.75) is 6.92 Å². The number of anilines is 3. The second-order valence-corrected chi connectivity index (χ2v) is 12.2. The van der Waals surface area contributed by atoms with Crippen LogP contribution in [0, 0.1) is 6.92 Å². The summed E-state index contributed by atoms with van der Waals surface area (Å²) in [6.07, 6.45) is 0. The predicted molar refractivity (Wildman–Crippen MR) is 206 cm³/mol. The fourth-order valence-electron chi connectivity index (χ4n) is 6.25. The predicted octanol–water partition coefficient (Wildman–Crippen LogP) is 12.0. The Bertz CT molecular complexity index is 2300. The molecule has 0 aliphatic rings. The van der Waals surface area contributed by atoms with Crippen LogP contribution in [0.3, 0.4) is 0 Å². The number of para-hydroxylation sites is 2. The quantitative estimate of drug-likeness (QED) is 0.165. The van der Waals surface area contributed by atoms with Crippen molar-refractivity contribution in [3.05, 3.63) is 194 Å². The van der Waals surface area contributed by atoms with Gasteiger partial charge in [0, 0.05) is 33.8 Å². The van der Waals surface area contributed by atoms with E-state index in [-0.39, 0.29) is 0 Å². The largest absolute Gasteiger partial charge is 0.310 e. The maximum Gasteiger partial charge on any atom is 0.164 e. The van der Waals surface area contributed by atoms with E-state index in [0.717, 1.165) is 44.8 Å². The lowest BCUT2D eigenvalue weighted by Crippen LogP contribution is -2.11. The molecule has 0 bridgehead atoms. The highest BCUT2D eigenvalue weighted by Gasteiger charge is 2.15. The third kappa shape index (κ3) is 6.43. The van der Waals surface area contributed by atoms with Crippen LogP contribution in [0.15, 0.2) is 188 Å². The van der Waals surface area contributed by atoms with Crippen LogP contribution in [0.2, 0.25) is 0 Å². The minimum absolute atomic E-state index is 0.645. The van der Waals surface area contributed by atoms with Crippen LogP contribution in [0.1, 0.15) is 5.56 Å². The lowest BCUT2D eigenvalue weighted by Gasteiger charge is -2.27. The first-order chi connectivity index (χ1) is 24.7. The Labute approximate surface area is 293 Å². The van der Waals surface area contributed by atoms with Gasteiger partial charge in [-0.25, -0.2) is 15.0 Å². The Morgan fingerprint density at radius 3 is 1.28 bits per heavy atom. The van der Waals surface area contributed by atoms with Crippen LogP contribution in [-0.2, 0) is 0 Å². The second-order valence-electron chi connectivity index (χ2n) is 12.2. The molecule has 1 heterocycles. The van der Waals surface area contributed by atoms with Crippen molar-refractivity contribution >= 4 is 17.1 Å². The Kier molecular flexibility index (Phi) is 8.49. The first-order valence-corrected chi connectivity index (χ1v) is 16.8. The van der Waals surface area contributed by atoms with Gasteiger partial charge in [-0.05, 0) is 71.1 Å². The zero-order chi connectivity index (χ0) is 33.7. The molecule has 0 saturated heterocycles. The average molecular weight is 643 g/mol. The molecule has 0 aliphatic carbocycles. The van der Waals surface area contributed by atoms with E-state index in [2.05, 4.69) is 139 Å². The monoisotopic (exact) mass is 642 g/mol. The average Bonchev–Trinajstić information content (AvgIpc) is 3.20. The van der Waals surface area contributed by atoms with Gasteiger partial charge in [-0.3, -0.25) is 0 Å². The summed E-state index contributed by atoms with van der Waals surface area (Å²) in [5.74, 6) is 1.95. The van der Waals surface area contributed by atoms with Gasteiger partial charge in [-0.2, -0.15) is 0 Å². The highest BCUT2D eigenvalue weighted by Crippen LogP contribution is 2.37. The number of hydrogen-bond donors (Lipinski definition) is 0. The zero-order valence-corrected chi connectivity index (χ0v) is 27.7. The molecule has 8 aromatic rings. The lowest BCUT2D eigenvalue weighted by molar-refractivity contribution is 1.07. The fraction of sp³-hybridized carbons (Fsp3) is 0.0217. The van der Waals surface area contributed by atoms with E-state index in [0.29, 0.717) is 17.5 Å². The van der Waals surface area contributed by atoms with Crippen molar-refractivity contribution in [1.82, 2.24) is 15.0 Å². The normalized spacial score (nSPS) is 10.9. The Balaban J connectivity index is 1.09. The maximum atomic E-state index is 4.93. The molecule has 7 aromatic carbocycles. The van der Waals surface area contributed by atoms with Crippen LogP contribution in [0.4, 0.5) is 17.1 Å². The third-order valence-electron chi connectivity index (χ3n) is 8.87. The third-order valence-corrected chi connectivity index (χ3v) is 8.87. The van der Waals surface area contributed by atoms with Crippen molar-refractivity contribution < 1.29 is 0 Å². The molecule has 4 heteroatoms. The summed E-state index contributed by atoms with van der Waals surface area (Å²) in [5, 5.41) is 0. The zero-order valence-electron chi connectivity index (χ0n) is 27.7. The summed E-state index contributed by atoms with van der Waals surface area (Å²) in [6.45, 7) is 2.16. The van der Waals surface area contributed by atoms with Crippen molar-refractivity contribution in [3.8, 4) is 56.4 Å². The Morgan fingerprint density at radius 2 is 0.720 bits per heavy atom. The van der Waals surface area contributed by atoms with E-state index in [1.165, 1.54) is 16.8 Å². The van der Waals surface area contributed by atoms with Crippen LogP contribution >= 0.6 is 0 Å². The van der Waals surface area contributed by atoms with Crippen molar-refractivity contribution in [1.29, 1.82) is 0 Å². The molecule has 1 aromatic heterocycles. The molecule has 238 valence electrons. The summed E-state index contributed by atoms with van der Waals surface area (Å²) in [7, 11) is 0. The van der Waals surface area contributed by atoms with Crippen LogP contribution in [0.5, 0.6) is 0 Å². The topological polar surface area (TPSA) is 41.9 Å². The molecule has 0 fully saturated rings. The van der Waals surface area contributed by atoms with E-state index >= 15 is 0 Å². The molecule has 4 nitrogen and oxygen atoms in total. The standard InChI is InChI=1S/C46H34N4/c1-33-14-11-12-23-43(33)50(41-21-9-4-10-22-41)42-30-28-35(29-31-42)34-24-26-36(27-25-34)39-19-13-20-40(32-39)46-48-44(37-15-5-2-6-16-37)47-45(49-46)38-17-7-3-8-18-38/h2-32H,1H3. The van der Waals surface area contributed by atoms with Gasteiger partial charge in [0.25, 0.3) is 0 Å². The van der Waals surface area contributed by atoms with Crippen molar-refractivity contribution in [2.75, 3.05) is 4.90 Å². The lowest BCUT2D eigenvalue weighted by atomic mass is 9.98. The minimum Gasteiger partial charge on any atom is -0.310 e. The van der Waals surface area contributed by atoms with E-state index in [1.54, 1.807) is 0 Å². The summed E-state index contributed by atoms with van der Waals surface area (Å²) < 4.78 is 0. The summed E-state index contributed by atoms with van der Waals surface area (Å²) in [4.78, 5) is 17.0. The maximum absolute atomic E-state index is 4.93. The van der Waals surface area contributed by atoms with Gasteiger partial charge >= 0.3 is 0 Å². The number of rotatable bonds is 8. The summed E-state index contributed by atoms with van der Waals surface area (Å²) in [5.41, 5.74) is 12.0. The Hall–Kier alpha value is -6.65.